The Morgan fingerprint density at radius 3 is 2.31 bits per heavy atom. The second-order valence-electron chi connectivity index (χ2n) is 6.16. The van der Waals surface area contributed by atoms with Crippen LogP contribution >= 0.6 is 0 Å². The van der Waals surface area contributed by atoms with E-state index in [0.29, 0.717) is 11.5 Å². The maximum absolute atomic E-state index is 13.3. The number of pyridine rings is 1. The lowest BCUT2D eigenvalue weighted by atomic mass is 10.1. The fourth-order valence-electron chi connectivity index (χ4n) is 2.94. The van der Waals surface area contributed by atoms with E-state index in [-0.39, 0.29) is 5.82 Å². The third kappa shape index (κ3) is 2.88. The van der Waals surface area contributed by atoms with Crippen LogP contribution in [0.5, 0.6) is 0 Å². The van der Waals surface area contributed by atoms with Crippen molar-refractivity contribution in [3.8, 4) is 11.3 Å². The third-order valence-electron chi connectivity index (χ3n) is 4.31. The predicted molar refractivity (Wildman–Crippen MR) is 101 cm³/mol. The molecular weight excluding hydrogens is 327 g/mol. The Balaban J connectivity index is 1.89. The summed E-state index contributed by atoms with van der Waals surface area (Å²) in [4.78, 5) is 4.66. The normalized spacial score (nSPS) is 11.5. The molecule has 0 saturated carbocycles. The van der Waals surface area contributed by atoms with Crippen LogP contribution in [0, 0.1) is 19.7 Å². The van der Waals surface area contributed by atoms with Crippen molar-refractivity contribution in [3.05, 3.63) is 83.8 Å². The highest BCUT2D eigenvalue weighted by molar-refractivity contribution is 5.74. The SMILES string of the molecule is Cc1cccc(C)c1N=Nc1c(-c2ccc(F)cc2)nc2ccccn12. The van der Waals surface area contributed by atoms with Gasteiger partial charge in [0, 0.05) is 11.8 Å². The van der Waals surface area contributed by atoms with Crippen molar-refractivity contribution in [2.24, 2.45) is 10.2 Å². The third-order valence-corrected chi connectivity index (χ3v) is 4.31. The summed E-state index contributed by atoms with van der Waals surface area (Å²) < 4.78 is 15.2. The Morgan fingerprint density at radius 1 is 0.846 bits per heavy atom. The van der Waals surface area contributed by atoms with Gasteiger partial charge in [-0.3, -0.25) is 4.40 Å². The summed E-state index contributed by atoms with van der Waals surface area (Å²) in [6, 6.07) is 18.0. The Labute approximate surface area is 150 Å². The number of aromatic nitrogens is 2. The number of nitrogens with zero attached hydrogens (tertiary/aromatic N) is 4. The van der Waals surface area contributed by atoms with Crippen LogP contribution in [0.4, 0.5) is 15.9 Å². The number of imidazole rings is 1. The molecule has 0 fully saturated rings. The first-order valence-electron chi connectivity index (χ1n) is 8.34. The van der Waals surface area contributed by atoms with Crippen LogP contribution in [0.25, 0.3) is 16.9 Å². The van der Waals surface area contributed by atoms with Crippen LogP contribution in [0.2, 0.25) is 0 Å². The highest BCUT2D eigenvalue weighted by Crippen LogP contribution is 2.33. The van der Waals surface area contributed by atoms with Gasteiger partial charge in [-0.05, 0) is 61.4 Å². The van der Waals surface area contributed by atoms with Crippen LogP contribution < -0.4 is 0 Å². The molecule has 0 amide bonds. The molecule has 5 heteroatoms. The summed E-state index contributed by atoms with van der Waals surface area (Å²) in [6.07, 6.45) is 1.90. The molecule has 0 radical (unpaired) electrons. The highest BCUT2D eigenvalue weighted by atomic mass is 19.1. The van der Waals surface area contributed by atoms with Gasteiger partial charge in [0.05, 0.1) is 5.69 Å². The van der Waals surface area contributed by atoms with Crippen molar-refractivity contribution in [2.75, 3.05) is 0 Å². The van der Waals surface area contributed by atoms with E-state index in [1.165, 1.54) is 12.1 Å². The summed E-state index contributed by atoms with van der Waals surface area (Å²) in [7, 11) is 0. The van der Waals surface area contributed by atoms with E-state index < -0.39 is 0 Å². The fourth-order valence-corrected chi connectivity index (χ4v) is 2.94. The van der Waals surface area contributed by atoms with Crippen LogP contribution in [-0.4, -0.2) is 9.38 Å². The number of azo groups is 1. The number of halogens is 1. The summed E-state index contributed by atoms with van der Waals surface area (Å²) in [5, 5.41) is 9.01. The van der Waals surface area contributed by atoms with Gasteiger partial charge >= 0.3 is 0 Å². The second kappa shape index (κ2) is 6.52. The molecule has 0 aliphatic rings. The molecule has 0 spiro atoms. The Hall–Kier alpha value is -3.34. The molecule has 0 atom stereocenters. The molecule has 4 rings (SSSR count). The van der Waals surface area contributed by atoms with Crippen LogP contribution in [0.3, 0.4) is 0 Å². The first-order chi connectivity index (χ1) is 12.6. The van der Waals surface area contributed by atoms with Gasteiger partial charge < -0.3 is 0 Å². The first-order valence-corrected chi connectivity index (χ1v) is 8.34. The molecule has 0 aliphatic carbocycles. The van der Waals surface area contributed by atoms with E-state index in [9.17, 15) is 4.39 Å². The average Bonchev–Trinajstić information content (AvgIpc) is 3.01. The summed E-state index contributed by atoms with van der Waals surface area (Å²) in [6.45, 7) is 4.02. The minimum absolute atomic E-state index is 0.281. The predicted octanol–water partition coefficient (Wildman–Crippen LogP) is 6.17. The lowest BCUT2D eigenvalue weighted by molar-refractivity contribution is 0.628. The fraction of sp³-hybridized carbons (Fsp3) is 0.0952. The Morgan fingerprint density at radius 2 is 1.58 bits per heavy atom. The Kier molecular flexibility index (Phi) is 4.05. The zero-order chi connectivity index (χ0) is 18.1. The number of hydrogen-bond acceptors (Lipinski definition) is 3. The molecule has 128 valence electrons. The van der Waals surface area contributed by atoms with Crippen molar-refractivity contribution in [2.45, 2.75) is 13.8 Å². The molecule has 26 heavy (non-hydrogen) atoms. The molecule has 4 nitrogen and oxygen atoms in total. The number of benzene rings is 2. The molecule has 2 aromatic heterocycles. The van der Waals surface area contributed by atoms with Gasteiger partial charge in [-0.15, -0.1) is 10.2 Å². The van der Waals surface area contributed by atoms with Crippen molar-refractivity contribution in [1.82, 2.24) is 9.38 Å². The number of fused-ring (bicyclic) bond motifs is 1. The van der Waals surface area contributed by atoms with Gasteiger partial charge in [0.15, 0.2) is 5.82 Å². The van der Waals surface area contributed by atoms with Gasteiger partial charge in [-0.25, -0.2) is 9.37 Å². The van der Waals surface area contributed by atoms with E-state index in [1.807, 2.05) is 60.8 Å². The highest BCUT2D eigenvalue weighted by Gasteiger charge is 2.14. The van der Waals surface area contributed by atoms with Gasteiger partial charge in [0.1, 0.15) is 17.2 Å². The van der Waals surface area contributed by atoms with E-state index in [2.05, 4.69) is 15.2 Å². The Bertz CT molecular complexity index is 1090. The molecule has 0 bridgehead atoms. The molecule has 0 unspecified atom stereocenters. The number of hydrogen-bond donors (Lipinski definition) is 0. The number of aryl methyl sites for hydroxylation is 2. The van der Waals surface area contributed by atoms with Crippen molar-refractivity contribution < 1.29 is 4.39 Å². The van der Waals surface area contributed by atoms with Crippen molar-refractivity contribution in [3.63, 3.8) is 0 Å². The van der Waals surface area contributed by atoms with Crippen molar-refractivity contribution >= 4 is 17.2 Å². The van der Waals surface area contributed by atoms with Crippen LogP contribution in [0.1, 0.15) is 11.1 Å². The minimum atomic E-state index is -0.281. The van der Waals surface area contributed by atoms with E-state index in [4.69, 9.17) is 0 Å². The molecule has 4 aromatic rings. The average molecular weight is 344 g/mol. The molecular formula is C21H17FN4. The summed E-state index contributed by atoms with van der Waals surface area (Å²) in [5.74, 6) is 0.339. The zero-order valence-corrected chi connectivity index (χ0v) is 14.5. The van der Waals surface area contributed by atoms with Gasteiger partial charge in [0.25, 0.3) is 0 Å². The first kappa shape index (κ1) is 16.1. The topological polar surface area (TPSA) is 42.0 Å². The molecule has 0 saturated heterocycles. The molecule has 0 N–H and O–H groups in total. The summed E-state index contributed by atoms with van der Waals surface area (Å²) in [5.41, 5.74) is 5.21. The van der Waals surface area contributed by atoms with Crippen molar-refractivity contribution in [1.29, 1.82) is 0 Å². The van der Waals surface area contributed by atoms with Gasteiger partial charge in [-0.2, -0.15) is 0 Å². The number of rotatable bonds is 3. The standard InChI is InChI=1S/C21H17FN4/c1-14-6-5-7-15(2)19(14)24-25-21-20(16-9-11-17(22)12-10-16)23-18-8-3-4-13-26(18)21/h3-13H,1-2H3. The zero-order valence-electron chi connectivity index (χ0n) is 14.5. The second-order valence-corrected chi connectivity index (χ2v) is 6.16. The van der Waals surface area contributed by atoms with E-state index >= 15 is 0 Å². The summed E-state index contributed by atoms with van der Waals surface area (Å²) >= 11 is 0. The quantitative estimate of drug-likeness (QED) is 0.410. The van der Waals surface area contributed by atoms with Crippen LogP contribution in [-0.2, 0) is 0 Å². The lowest BCUT2D eigenvalue weighted by Crippen LogP contribution is -1.83. The monoisotopic (exact) mass is 344 g/mol. The minimum Gasteiger partial charge on any atom is -0.283 e. The maximum atomic E-state index is 13.3. The maximum Gasteiger partial charge on any atom is 0.187 e. The van der Waals surface area contributed by atoms with E-state index in [0.717, 1.165) is 28.0 Å². The lowest BCUT2D eigenvalue weighted by Gasteiger charge is -2.03. The molecule has 2 heterocycles. The van der Waals surface area contributed by atoms with Gasteiger partial charge in [-0.1, -0.05) is 24.3 Å². The van der Waals surface area contributed by atoms with E-state index in [1.54, 1.807) is 12.1 Å². The van der Waals surface area contributed by atoms with Crippen LogP contribution in [0.15, 0.2) is 77.1 Å². The smallest absolute Gasteiger partial charge is 0.187 e. The molecule has 2 aromatic carbocycles. The largest absolute Gasteiger partial charge is 0.283 e. The van der Waals surface area contributed by atoms with Gasteiger partial charge in [0.2, 0.25) is 0 Å². The molecule has 0 aliphatic heterocycles.